The minimum Gasteiger partial charge on any atom is -0.495 e. The van der Waals surface area contributed by atoms with Crippen molar-refractivity contribution in [2.45, 2.75) is 19.4 Å². The lowest BCUT2D eigenvalue weighted by atomic mass is 9.97. The van der Waals surface area contributed by atoms with E-state index in [4.69, 9.17) is 22.1 Å². The van der Waals surface area contributed by atoms with Crippen molar-refractivity contribution < 1.29 is 4.74 Å². The van der Waals surface area contributed by atoms with E-state index in [0.29, 0.717) is 10.8 Å². The van der Waals surface area contributed by atoms with E-state index in [1.165, 1.54) is 11.1 Å². The van der Waals surface area contributed by atoms with Gasteiger partial charge in [0.15, 0.2) is 0 Å². The van der Waals surface area contributed by atoms with Crippen molar-refractivity contribution in [2.75, 3.05) is 7.11 Å². The van der Waals surface area contributed by atoms with Crippen molar-refractivity contribution in [2.24, 2.45) is 5.73 Å². The Morgan fingerprint density at radius 2 is 1.95 bits per heavy atom. The summed E-state index contributed by atoms with van der Waals surface area (Å²) in [6.45, 7) is 2.10. The topological polar surface area (TPSA) is 35.2 Å². The second-order valence-electron chi connectivity index (χ2n) is 4.63. The Kier molecular flexibility index (Phi) is 4.46. The van der Waals surface area contributed by atoms with E-state index in [1.807, 2.05) is 30.3 Å². The van der Waals surface area contributed by atoms with E-state index in [-0.39, 0.29) is 6.04 Å². The van der Waals surface area contributed by atoms with Gasteiger partial charge in [0.2, 0.25) is 0 Å². The lowest BCUT2D eigenvalue weighted by molar-refractivity contribution is 0.414. The summed E-state index contributed by atoms with van der Waals surface area (Å²) in [6, 6.07) is 13.9. The lowest BCUT2D eigenvalue weighted by Gasteiger charge is -2.15. The third-order valence-electron chi connectivity index (χ3n) is 3.30. The first-order chi connectivity index (χ1) is 9.11. The molecule has 2 aromatic rings. The molecule has 0 amide bonds. The summed E-state index contributed by atoms with van der Waals surface area (Å²) in [5.74, 6) is 0.666. The van der Waals surface area contributed by atoms with Crippen LogP contribution in [0.1, 0.15) is 22.7 Å². The molecule has 100 valence electrons. The van der Waals surface area contributed by atoms with Gasteiger partial charge in [-0.05, 0) is 42.2 Å². The largest absolute Gasteiger partial charge is 0.495 e. The van der Waals surface area contributed by atoms with Crippen LogP contribution in [0.15, 0.2) is 42.5 Å². The van der Waals surface area contributed by atoms with Crippen molar-refractivity contribution in [3.8, 4) is 5.75 Å². The maximum Gasteiger partial charge on any atom is 0.137 e. The van der Waals surface area contributed by atoms with Gasteiger partial charge in [-0.15, -0.1) is 0 Å². The molecule has 0 saturated carbocycles. The van der Waals surface area contributed by atoms with Crippen LogP contribution >= 0.6 is 11.6 Å². The number of aryl methyl sites for hydroxylation is 1. The Morgan fingerprint density at radius 1 is 1.21 bits per heavy atom. The van der Waals surface area contributed by atoms with Gasteiger partial charge in [-0.3, -0.25) is 0 Å². The predicted molar refractivity (Wildman–Crippen MR) is 79.8 cm³/mol. The fourth-order valence-corrected chi connectivity index (χ4v) is 2.30. The minimum absolute atomic E-state index is 0.0627. The van der Waals surface area contributed by atoms with E-state index in [0.717, 1.165) is 12.0 Å². The maximum atomic E-state index is 6.27. The molecule has 19 heavy (non-hydrogen) atoms. The molecule has 0 spiro atoms. The summed E-state index contributed by atoms with van der Waals surface area (Å²) >= 11 is 6.02. The molecule has 1 unspecified atom stereocenters. The van der Waals surface area contributed by atoms with Crippen molar-refractivity contribution in [1.29, 1.82) is 0 Å². The molecule has 0 heterocycles. The second-order valence-corrected chi connectivity index (χ2v) is 5.04. The zero-order chi connectivity index (χ0) is 13.8. The van der Waals surface area contributed by atoms with Crippen LogP contribution in [0.25, 0.3) is 0 Å². The van der Waals surface area contributed by atoms with Crippen LogP contribution in [0, 0.1) is 6.92 Å². The van der Waals surface area contributed by atoms with Crippen molar-refractivity contribution in [1.82, 2.24) is 0 Å². The number of hydrogen-bond donors (Lipinski definition) is 1. The number of hydrogen-bond acceptors (Lipinski definition) is 2. The Balaban J connectivity index is 2.20. The fraction of sp³-hybridized carbons (Fsp3) is 0.250. The summed E-state index contributed by atoms with van der Waals surface area (Å²) in [4.78, 5) is 0. The quantitative estimate of drug-likeness (QED) is 0.918. The van der Waals surface area contributed by atoms with E-state index in [2.05, 4.69) is 19.1 Å². The number of ether oxygens (including phenoxy) is 1. The molecular formula is C16H18ClNO. The molecule has 2 rings (SSSR count). The Bertz CT molecular complexity index is 568. The van der Waals surface area contributed by atoms with Gasteiger partial charge in [0, 0.05) is 6.04 Å². The normalized spacial score (nSPS) is 12.2. The highest BCUT2D eigenvalue weighted by Gasteiger charge is 2.11. The standard InChI is InChI=1S/C16H18ClNO/c1-11-5-3-4-6-12(11)9-15(18)13-7-8-14(17)16(10-13)19-2/h3-8,10,15H,9,18H2,1-2H3. The number of halogens is 1. The SMILES string of the molecule is COc1cc(C(N)Cc2ccccc2C)ccc1Cl. The van der Waals surface area contributed by atoms with Crippen LogP contribution in [-0.4, -0.2) is 7.11 Å². The van der Waals surface area contributed by atoms with Gasteiger partial charge in [0.05, 0.1) is 12.1 Å². The molecule has 0 aliphatic rings. The van der Waals surface area contributed by atoms with Crippen LogP contribution < -0.4 is 10.5 Å². The van der Waals surface area contributed by atoms with E-state index in [1.54, 1.807) is 7.11 Å². The van der Waals surface area contributed by atoms with Crippen LogP contribution in [0.4, 0.5) is 0 Å². The number of nitrogens with two attached hydrogens (primary N) is 1. The minimum atomic E-state index is -0.0627. The van der Waals surface area contributed by atoms with Gasteiger partial charge in [0.1, 0.15) is 5.75 Å². The fourth-order valence-electron chi connectivity index (χ4n) is 2.10. The summed E-state index contributed by atoms with van der Waals surface area (Å²) in [5, 5.41) is 0.606. The maximum absolute atomic E-state index is 6.27. The first kappa shape index (κ1) is 13.9. The third kappa shape index (κ3) is 3.28. The number of rotatable bonds is 4. The average molecular weight is 276 g/mol. The molecule has 2 nitrogen and oxygen atoms in total. The van der Waals surface area contributed by atoms with Gasteiger partial charge in [0.25, 0.3) is 0 Å². The molecule has 0 aliphatic heterocycles. The average Bonchev–Trinajstić information content (AvgIpc) is 2.42. The number of methoxy groups -OCH3 is 1. The summed E-state index contributed by atoms with van der Waals surface area (Å²) in [6.07, 6.45) is 0.803. The lowest BCUT2D eigenvalue weighted by Crippen LogP contribution is -2.14. The van der Waals surface area contributed by atoms with Crippen LogP contribution in [0.3, 0.4) is 0 Å². The molecule has 0 fully saturated rings. The molecule has 2 N–H and O–H groups in total. The monoisotopic (exact) mass is 275 g/mol. The smallest absolute Gasteiger partial charge is 0.137 e. The van der Waals surface area contributed by atoms with E-state index < -0.39 is 0 Å². The zero-order valence-corrected chi connectivity index (χ0v) is 11.9. The summed E-state index contributed by atoms with van der Waals surface area (Å²) in [7, 11) is 1.61. The first-order valence-corrected chi connectivity index (χ1v) is 6.63. The van der Waals surface area contributed by atoms with Crippen molar-refractivity contribution >= 4 is 11.6 Å². The van der Waals surface area contributed by atoms with E-state index >= 15 is 0 Å². The van der Waals surface area contributed by atoms with Gasteiger partial charge in [-0.1, -0.05) is 41.9 Å². The van der Waals surface area contributed by atoms with Crippen molar-refractivity contribution in [3.63, 3.8) is 0 Å². The van der Waals surface area contributed by atoms with Crippen molar-refractivity contribution in [3.05, 3.63) is 64.2 Å². The highest BCUT2D eigenvalue weighted by Crippen LogP contribution is 2.28. The number of benzene rings is 2. The molecule has 0 saturated heterocycles. The molecule has 0 aliphatic carbocycles. The van der Waals surface area contributed by atoms with Gasteiger partial charge < -0.3 is 10.5 Å². The van der Waals surface area contributed by atoms with Gasteiger partial charge in [-0.25, -0.2) is 0 Å². The molecule has 0 aromatic heterocycles. The third-order valence-corrected chi connectivity index (χ3v) is 3.62. The second kappa shape index (κ2) is 6.09. The van der Waals surface area contributed by atoms with Crippen LogP contribution in [0.2, 0.25) is 5.02 Å². The molecule has 0 radical (unpaired) electrons. The van der Waals surface area contributed by atoms with Crippen LogP contribution in [0.5, 0.6) is 5.75 Å². The van der Waals surface area contributed by atoms with Crippen LogP contribution in [-0.2, 0) is 6.42 Å². The van der Waals surface area contributed by atoms with E-state index in [9.17, 15) is 0 Å². The zero-order valence-electron chi connectivity index (χ0n) is 11.2. The Hall–Kier alpha value is -1.51. The molecular weight excluding hydrogens is 258 g/mol. The molecule has 3 heteroatoms. The highest BCUT2D eigenvalue weighted by molar-refractivity contribution is 6.32. The Morgan fingerprint density at radius 3 is 2.63 bits per heavy atom. The summed E-state index contributed by atoms with van der Waals surface area (Å²) in [5.41, 5.74) is 9.83. The highest BCUT2D eigenvalue weighted by atomic mass is 35.5. The predicted octanol–water partition coefficient (Wildman–Crippen LogP) is 3.90. The summed E-state index contributed by atoms with van der Waals surface area (Å²) < 4.78 is 5.22. The van der Waals surface area contributed by atoms with Gasteiger partial charge >= 0.3 is 0 Å². The molecule has 0 bridgehead atoms. The molecule has 1 atom stereocenters. The Labute approximate surface area is 119 Å². The first-order valence-electron chi connectivity index (χ1n) is 6.25. The molecule has 2 aromatic carbocycles. The van der Waals surface area contributed by atoms with Gasteiger partial charge in [-0.2, -0.15) is 0 Å².